The Bertz CT molecular complexity index is 785. The minimum Gasteiger partial charge on any atom is -0.206 e. The number of halogens is 2. The fourth-order valence-corrected chi connectivity index (χ4v) is 3.12. The van der Waals surface area contributed by atoms with Gasteiger partial charge in [0.05, 0.1) is 0 Å². The van der Waals surface area contributed by atoms with Crippen molar-refractivity contribution in [3.63, 3.8) is 0 Å². The van der Waals surface area contributed by atoms with Gasteiger partial charge in [-0.1, -0.05) is 29.8 Å². The van der Waals surface area contributed by atoms with Gasteiger partial charge in [0.1, 0.15) is 5.82 Å². The molecule has 3 heteroatoms. The van der Waals surface area contributed by atoms with Gasteiger partial charge in [-0.25, -0.2) is 4.39 Å². The van der Waals surface area contributed by atoms with Gasteiger partial charge in [0.25, 0.3) is 0 Å². The Morgan fingerprint density at radius 2 is 1.52 bits per heavy atom. The van der Waals surface area contributed by atoms with E-state index in [9.17, 15) is 8.78 Å². The number of benzene rings is 2. The van der Waals surface area contributed by atoms with Gasteiger partial charge >= 0.3 is 0 Å². The smallest absolute Gasteiger partial charge is 0.176 e. The van der Waals surface area contributed by atoms with Gasteiger partial charge in [0, 0.05) is 10.4 Å². The second kappa shape index (κ2) is 5.41. The van der Waals surface area contributed by atoms with Crippen LogP contribution in [0.3, 0.4) is 0 Å². The van der Waals surface area contributed by atoms with E-state index in [1.54, 1.807) is 12.1 Å². The van der Waals surface area contributed by atoms with Crippen LogP contribution < -0.4 is 0 Å². The highest BCUT2D eigenvalue weighted by Gasteiger charge is 2.12. The van der Waals surface area contributed by atoms with E-state index in [4.69, 9.17) is 0 Å². The van der Waals surface area contributed by atoms with Crippen molar-refractivity contribution in [2.24, 2.45) is 0 Å². The molecule has 106 valence electrons. The zero-order valence-corrected chi connectivity index (χ0v) is 12.6. The fraction of sp³-hybridized carbons (Fsp3) is 0.111. The number of hydrogen-bond donors (Lipinski definition) is 0. The molecule has 0 unspecified atom stereocenters. The minimum atomic E-state index is -0.321. The zero-order chi connectivity index (χ0) is 15.0. The molecule has 0 fully saturated rings. The monoisotopic (exact) mass is 300 g/mol. The summed E-state index contributed by atoms with van der Waals surface area (Å²) in [7, 11) is 0. The van der Waals surface area contributed by atoms with E-state index < -0.39 is 0 Å². The molecular weight excluding hydrogens is 286 g/mol. The first-order valence-electron chi connectivity index (χ1n) is 6.67. The normalized spacial score (nSPS) is 10.9. The predicted molar refractivity (Wildman–Crippen MR) is 84.6 cm³/mol. The van der Waals surface area contributed by atoms with Crippen LogP contribution in [0, 0.1) is 24.8 Å². The molecule has 1 heterocycles. The Balaban J connectivity index is 2.09. The first kappa shape index (κ1) is 14.0. The third-order valence-electron chi connectivity index (χ3n) is 3.52. The number of aryl methyl sites for hydroxylation is 2. The van der Waals surface area contributed by atoms with Crippen LogP contribution in [0.5, 0.6) is 0 Å². The van der Waals surface area contributed by atoms with Gasteiger partial charge in [0.15, 0.2) is 5.13 Å². The van der Waals surface area contributed by atoms with Crippen LogP contribution in [0.1, 0.15) is 11.1 Å². The summed E-state index contributed by atoms with van der Waals surface area (Å²) in [4.78, 5) is 0.614. The summed E-state index contributed by atoms with van der Waals surface area (Å²) in [5.74, 6) is -0.321. The number of rotatable bonds is 2. The molecule has 21 heavy (non-hydrogen) atoms. The van der Waals surface area contributed by atoms with E-state index in [1.807, 2.05) is 38.1 Å². The van der Waals surface area contributed by atoms with Crippen LogP contribution in [0.15, 0.2) is 48.5 Å². The lowest BCUT2D eigenvalue weighted by atomic mass is 9.97. The fourth-order valence-electron chi connectivity index (χ4n) is 2.37. The summed E-state index contributed by atoms with van der Waals surface area (Å²) in [6, 6.07) is 14.3. The zero-order valence-electron chi connectivity index (χ0n) is 11.8. The predicted octanol–water partition coefficient (Wildman–Crippen LogP) is 5.98. The quantitative estimate of drug-likeness (QED) is 0.546. The molecule has 0 amide bonds. The van der Waals surface area contributed by atoms with E-state index in [2.05, 4.69) is 0 Å². The Morgan fingerprint density at radius 1 is 0.810 bits per heavy atom. The average molecular weight is 300 g/mol. The summed E-state index contributed by atoms with van der Waals surface area (Å²) >= 11 is 0.961. The Kier molecular flexibility index (Phi) is 3.60. The molecule has 0 spiro atoms. The van der Waals surface area contributed by atoms with Gasteiger partial charge < -0.3 is 0 Å². The van der Waals surface area contributed by atoms with E-state index in [0.717, 1.165) is 28.0 Å². The molecule has 0 radical (unpaired) electrons. The molecule has 0 aliphatic carbocycles. The lowest BCUT2D eigenvalue weighted by Gasteiger charge is -2.10. The average Bonchev–Trinajstić information content (AvgIpc) is 2.88. The number of hydrogen-bond acceptors (Lipinski definition) is 1. The third-order valence-corrected chi connectivity index (χ3v) is 4.42. The molecule has 3 rings (SSSR count). The molecule has 3 aromatic rings. The molecule has 0 aliphatic rings. The maximum Gasteiger partial charge on any atom is 0.176 e. The van der Waals surface area contributed by atoms with Crippen molar-refractivity contribution >= 4 is 11.3 Å². The second-order valence-electron chi connectivity index (χ2n) is 5.12. The van der Waals surface area contributed by atoms with Gasteiger partial charge in [0.2, 0.25) is 0 Å². The highest BCUT2D eigenvalue weighted by molar-refractivity contribution is 7.13. The first-order chi connectivity index (χ1) is 10.0. The Hall–Kier alpha value is -2.00. The maximum atomic E-state index is 14.4. The van der Waals surface area contributed by atoms with Crippen LogP contribution >= 0.6 is 11.3 Å². The van der Waals surface area contributed by atoms with Gasteiger partial charge in [-0.2, -0.15) is 4.39 Å². The molecule has 0 atom stereocenters. The largest absolute Gasteiger partial charge is 0.206 e. The Labute approximate surface area is 126 Å². The summed E-state index contributed by atoms with van der Waals surface area (Å²) in [6.45, 7) is 3.97. The van der Waals surface area contributed by atoms with Gasteiger partial charge in [-0.3, -0.25) is 0 Å². The number of thiophene rings is 1. The van der Waals surface area contributed by atoms with Crippen molar-refractivity contribution in [1.82, 2.24) is 0 Å². The summed E-state index contributed by atoms with van der Waals surface area (Å²) in [6.07, 6.45) is 0. The molecule has 0 aliphatic heterocycles. The van der Waals surface area contributed by atoms with E-state index in [-0.39, 0.29) is 10.9 Å². The molecule has 0 nitrogen and oxygen atoms in total. The minimum absolute atomic E-state index is 0.301. The van der Waals surface area contributed by atoms with Crippen molar-refractivity contribution in [3.05, 3.63) is 70.6 Å². The first-order valence-corrected chi connectivity index (χ1v) is 7.49. The molecule has 1 aromatic heterocycles. The van der Waals surface area contributed by atoms with E-state index in [1.165, 1.54) is 17.7 Å². The van der Waals surface area contributed by atoms with Crippen molar-refractivity contribution in [3.8, 4) is 21.6 Å². The van der Waals surface area contributed by atoms with Crippen LogP contribution in [-0.4, -0.2) is 0 Å². The van der Waals surface area contributed by atoms with Crippen LogP contribution in [-0.2, 0) is 0 Å². The van der Waals surface area contributed by atoms with Crippen LogP contribution in [0.25, 0.3) is 21.6 Å². The maximum absolute atomic E-state index is 14.4. The Morgan fingerprint density at radius 3 is 2.14 bits per heavy atom. The third kappa shape index (κ3) is 2.74. The van der Waals surface area contributed by atoms with Gasteiger partial charge in [-0.05, 0) is 54.8 Å². The topological polar surface area (TPSA) is 0 Å². The molecule has 0 bridgehead atoms. The van der Waals surface area contributed by atoms with Crippen molar-refractivity contribution in [2.45, 2.75) is 13.8 Å². The van der Waals surface area contributed by atoms with E-state index >= 15 is 0 Å². The SMILES string of the molecule is Cc1ccc(-c2cc(F)c(-c3ccc(F)s3)cc2C)cc1. The molecule has 0 saturated carbocycles. The highest BCUT2D eigenvalue weighted by Crippen LogP contribution is 2.34. The van der Waals surface area contributed by atoms with E-state index in [0.29, 0.717) is 10.4 Å². The highest BCUT2D eigenvalue weighted by atomic mass is 32.1. The summed E-state index contributed by atoms with van der Waals surface area (Å²) < 4.78 is 27.5. The lowest BCUT2D eigenvalue weighted by Crippen LogP contribution is -1.89. The molecule has 2 aromatic carbocycles. The van der Waals surface area contributed by atoms with Crippen LogP contribution in [0.4, 0.5) is 8.78 Å². The van der Waals surface area contributed by atoms with Crippen molar-refractivity contribution in [1.29, 1.82) is 0 Å². The second-order valence-corrected chi connectivity index (χ2v) is 6.15. The lowest BCUT2D eigenvalue weighted by molar-refractivity contribution is 0.632. The van der Waals surface area contributed by atoms with Crippen molar-refractivity contribution < 1.29 is 8.78 Å². The summed E-state index contributed by atoms with van der Waals surface area (Å²) in [5, 5.41) is -0.301. The van der Waals surface area contributed by atoms with Crippen LogP contribution in [0.2, 0.25) is 0 Å². The van der Waals surface area contributed by atoms with Crippen molar-refractivity contribution in [2.75, 3.05) is 0 Å². The molecule has 0 N–H and O–H groups in total. The van der Waals surface area contributed by atoms with Gasteiger partial charge in [-0.15, -0.1) is 11.3 Å². The standard InChI is InChI=1S/C18H14F2S/c1-11-3-5-13(6-4-11)14-10-16(19)15(9-12(14)2)17-7-8-18(20)21-17/h3-10H,1-2H3. The summed E-state index contributed by atoms with van der Waals surface area (Å²) in [5.41, 5.74) is 4.46. The molecular formula is C18H14F2S. The molecule has 0 saturated heterocycles.